The molecule has 0 bridgehead atoms. The van der Waals surface area contributed by atoms with E-state index in [1.54, 1.807) is 0 Å². The summed E-state index contributed by atoms with van der Waals surface area (Å²) < 4.78 is 0. The molecular weight excluding hydrogens is 444 g/mol. The number of aromatic nitrogens is 6. The van der Waals surface area contributed by atoms with Gasteiger partial charge in [0.1, 0.15) is 0 Å². The molecule has 0 radical (unpaired) electrons. The van der Waals surface area contributed by atoms with Crippen molar-refractivity contribution in [1.29, 1.82) is 0 Å². The van der Waals surface area contributed by atoms with Crippen LogP contribution in [-0.4, -0.2) is 30.4 Å². The number of hydrogen-bond acceptors (Lipinski definition) is 4. The highest BCUT2D eigenvalue weighted by Crippen LogP contribution is 2.30. The summed E-state index contributed by atoms with van der Waals surface area (Å²) in [6.45, 7) is 16.6. The molecule has 5 aromatic rings. The van der Waals surface area contributed by atoms with E-state index in [9.17, 15) is 0 Å². The lowest BCUT2D eigenvalue weighted by Gasteiger charge is -2.08. The molecular formula is C30H34N6. The largest absolute Gasteiger partial charge is 0.259 e. The van der Waals surface area contributed by atoms with E-state index in [0.717, 1.165) is 33.9 Å². The van der Waals surface area contributed by atoms with Crippen LogP contribution in [0.5, 0.6) is 0 Å². The number of rotatable bonds is 4. The Morgan fingerprint density at radius 3 is 1.25 bits per heavy atom. The van der Waals surface area contributed by atoms with Gasteiger partial charge in [-0.15, -0.1) is 0 Å². The molecule has 0 fully saturated rings. The van der Waals surface area contributed by atoms with Crippen molar-refractivity contribution in [2.45, 2.75) is 55.4 Å². The van der Waals surface area contributed by atoms with Gasteiger partial charge in [-0.05, 0) is 69.9 Å². The van der Waals surface area contributed by atoms with Gasteiger partial charge in [0.15, 0.2) is 23.3 Å². The highest BCUT2D eigenvalue weighted by molar-refractivity contribution is 5.72. The Bertz CT molecular complexity index is 1370. The minimum atomic E-state index is 0.650. The van der Waals surface area contributed by atoms with Gasteiger partial charge >= 0.3 is 0 Å². The molecule has 0 saturated carbocycles. The normalized spacial score (nSPS) is 10.8. The molecule has 184 valence electrons. The lowest BCUT2D eigenvalue weighted by Crippen LogP contribution is -1.92. The minimum Gasteiger partial charge on any atom is -0.259 e. The third kappa shape index (κ3) is 4.85. The van der Waals surface area contributed by atoms with Crippen LogP contribution in [0.4, 0.5) is 0 Å². The first-order chi connectivity index (χ1) is 17.3. The molecule has 0 atom stereocenters. The summed E-state index contributed by atoms with van der Waals surface area (Å²) in [5.74, 6) is 2.86. The summed E-state index contributed by atoms with van der Waals surface area (Å²) in [6, 6.07) is 16.7. The van der Waals surface area contributed by atoms with Crippen LogP contribution >= 0.6 is 0 Å². The second-order valence-electron chi connectivity index (χ2n) is 9.14. The highest BCUT2D eigenvalue weighted by Gasteiger charge is 2.16. The summed E-state index contributed by atoms with van der Waals surface area (Å²) in [5.41, 5.74) is 11.3. The molecule has 0 aliphatic carbocycles. The minimum absolute atomic E-state index is 0.650. The second-order valence-corrected chi connectivity index (χ2v) is 9.14. The molecule has 36 heavy (non-hydrogen) atoms. The van der Waals surface area contributed by atoms with Crippen molar-refractivity contribution in [2.75, 3.05) is 0 Å². The van der Waals surface area contributed by atoms with Crippen molar-refractivity contribution in [1.82, 2.24) is 30.4 Å². The number of aromatic amines is 2. The van der Waals surface area contributed by atoms with Crippen molar-refractivity contribution in [3.05, 3.63) is 81.9 Å². The number of aryl methyl sites for hydroxylation is 6. The molecule has 2 N–H and O–H groups in total. The predicted octanol–water partition coefficient (Wildman–Crippen LogP) is 7.47. The van der Waals surface area contributed by atoms with E-state index in [4.69, 9.17) is 9.97 Å². The van der Waals surface area contributed by atoms with E-state index in [1.807, 2.05) is 38.1 Å². The number of nitrogens with one attached hydrogen (secondary N) is 2. The quantitative estimate of drug-likeness (QED) is 0.281. The second kappa shape index (κ2) is 10.3. The maximum atomic E-state index is 4.81. The monoisotopic (exact) mass is 478 g/mol. The molecule has 2 aromatic heterocycles. The van der Waals surface area contributed by atoms with Gasteiger partial charge in [0, 0.05) is 22.3 Å². The van der Waals surface area contributed by atoms with Gasteiger partial charge in [-0.3, -0.25) is 10.2 Å². The molecule has 3 aromatic carbocycles. The summed E-state index contributed by atoms with van der Waals surface area (Å²) in [5, 5.41) is 15.3. The molecule has 0 aliphatic heterocycles. The molecule has 0 saturated heterocycles. The van der Waals surface area contributed by atoms with Crippen LogP contribution in [0.25, 0.3) is 45.6 Å². The van der Waals surface area contributed by atoms with Crippen molar-refractivity contribution < 1.29 is 0 Å². The SMILES string of the molecule is CC.Cc1cc(C)c(-c2nc(-c3cccc(-c4n[nH]c(-c5c(C)cc(C)cc5C)n4)c3)n[nH]2)c(C)c1. The lowest BCUT2D eigenvalue weighted by atomic mass is 9.99. The summed E-state index contributed by atoms with van der Waals surface area (Å²) >= 11 is 0. The molecule has 0 unspecified atom stereocenters. The smallest absolute Gasteiger partial charge is 0.181 e. The van der Waals surface area contributed by atoms with Crippen LogP contribution < -0.4 is 0 Å². The molecule has 6 nitrogen and oxygen atoms in total. The van der Waals surface area contributed by atoms with Gasteiger partial charge in [0.25, 0.3) is 0 Å². The van der Waals surface area contributed by atoms with Crippen LogP contribution in [0.3, 0.4) is 0 Å². The summed E-state index contributed by atoms with van der Waals surface area (Å²) in [7, 11) is 0. The maximum Gasteiger partial charge on any atom is 0.181 e. The molecule has 2 heterocycles. The standard InChI is InChI=1S/C28H28N6.C2H6/c1-15-10-17(3)23(18(4)11-15)27-29-25(31-33-27)21-8-7-9-22(14-21)26-30-28(34-32-26)24-19(5)12-16(2)13-20(24)6;1-2/h7-14H,1-6H3,(H,29,31,33)(H,30,32,34);1-2H3. The van der Waals surface area contributed by atoms with Gasteiger partial charge in [-0.1, -0.05) is 67.4 Å². The average molecular weight is 479 g/mol. The first kappa shape index (κ1) is 25.0. The van der Waals surface area contributed by atoms with E-state index >= 15 is 0 Å². The number of nitrogens with zero attached hydrogens (tertiary/aromatic N) is 4. The van der Waals surface area contributed by atoms with E-state index in [0.29, 0.717) is 11.6 Å². The Morgan fingerprint density at radius 2 is 0.889 bits per heavy atom. The number of hydrogen-bond donors (Lipinski definition) is 2. The van der Waals surface area contributed by atoms with Crippen LogP contribution in [-0.2, 0) is 0 Å². The van der Waals surface area contributed by atoms with E-state index < -0.39 is 0 Å². The zero-order valence-electron chi connectivity index (χ0n) is 22.4. The fourth-order valence-electron chi connectivity index (χ4n) is 4.91. The Hall–Kier alpha value is -4.06. The van der Waals surface area contributed by atoms with Gasteiger partial charge in [0.2, 0.25) is 0 Å². The molecule has 0 amide bonds. The van der Waals surface area contributed by atoms with Gasteiger partial charge in [-0.2, -0.15) is 10.2 Å². The molecule has 0 aliphatic rings. The topological polar surface area (TPSA) is 83.1 Å². The van der Waals surface area contributed by atoms with Crippen molar-refractivity contribution >= 4 is 0 Å². The Balaban J connectivity index is 0.00000148. The van der Waals surface area contributed by atoms with Crippen molar-refractivity contribution in [3.63, 3.8) is 0 Å². The third-order valence-corrected chi connectivity index (χ3v) is 6.18. The predicted molar refractivity (Wildman–Crippen MR) is 148 cm³/mol. The van der Waals surface area contributed by atoms with Crippen LogP contribution in [0.2, 0.25) is 0 Å². The first-order valence-electron chi connectivity index (χ1n) is 12.4. The van der Waals surface area contributed by atoms with Crippen molar-refractivity contribution in [2.24, 2.45) is 0 Å². The van der Waals surface area contributed by atoms with E-state index in [2.05, 4.69) is 86.2 Å². The first-order valence-corrected chi connectivity index (χ1v) is 12.4. The molecule has 6 heteroatoms. The zero-order chi connectivity index (χ0) is 26.0. The Kier molecular flexibility index (Phi) is 7.15. The fraction of sp³-hybridized carbons (Fsp3) is 0.267. The third-order valence-electron chi connectivity index (χ3n) is 6.18. The van der Waals surface area contributed by atoms with E-state index in [-0.39, 0.29) is 0 Å². The fourth-order valence-corrected chi connectivity index (χ4v) is 4.91. The van der Waals surface area contributed by atoms with Gasteiger partial charge < -0.3 is 0 Å². The molecule has 0 spiro atoms. The van der Waals surface area contributed by atoms with E-state index in [1.165, 1.54) is 33.4 Å². The van der Waals surface area contributed by atoms with Crippen LogP contribution in [0, 0.1) is 41.5 Å². The highest BCUT2D eigenvalue weighted by atomic mass is 15.2. The van der Waals surface area contributed by atoms with Crippen molar-refractivity contribution in [3.8, 4) is 45.6 Å². The zero-order valence-corrected chi connectivity index (χ0v) is 22.4. The Labute approximate surface area is 213 Å². The van der Waals surface area contributed by atoms with Crippen LogP contribution in [0.1, 0.15) is 47.2 Å². The number of benzene rings is 3. The number of H-pyrrole nitrogens is 2. The summed E-state index contributed by atoms with van der Waals surface area (Å²) in [6.07, 6.45) is 0. The molecule has 5 rings (SSSR count). The van der Waals surface area contributed by atoms with Crippen LogP contribution in [0.15, 0.2) is 48.5 Å². The Morgan fingerprint density at radius 1 is 0.528 bits per heavy atom. The lowest BCUT2D eigenvalue weighted by molar-refractivity contribution is 1.09. The maximum absolute atomic E-state index is 4.81. The van der Waals surface area contributed by atoms with Gasteiger partial charge in [-0.25, -0.2) is 9.97 Å². The van der Waals surface area contributed by atoms with Gasteiger partial charge in [0.05, 0.1) is 0 Å². The summed E-state index contributed by atoms with van der Waals surface area (Å²) in [4.78, 5) is 9.61. The average Bonchev–Trinajstić information content (AvgIpc) is 3.50.